The summed E-state index contributed by atoms with van der Waals surface area (Å²) in [5.41, 5.74) is 1.21. The molecular formula is C25H22BrF3N6O. The number of benzene rings is 2. The normalized spacial score (nSPS) is 16.3. The summed E-state index contributed by atoms with van der Waals surface area (Å²) in [6.45, 7) is 1.69. The lowest BCUT2D eigenvalue weighted by Crippen LogP contribution is -2.43. The number of rotatable bonds is 5. The van der Waals surface area contributed by atoms with Crippen LogP contribution in [0.15, 0.2) is 65.5 Å². The molecule has 5 rings (SSSR count). The van der Waals surface area contributed by atoms with Crippen molar-refractivity contribution in [1.82, 2.24) is 25.1 Å². The minimum atomic E-state index is -4.40. The van der Waals surface area contributed by atoms with Crippen LogP contribution in [0.1, 0.15) is 24.0 Å². The number of hydrogen-bond acceptors (Lipinski definition) is 5. The molecule has 1 aliphatic heterocycles. The molecule has 11 heteroatoms. The van der Waals surface area contributed by atoms with Crippen molar-refractivity contribution in [2.75, 3.05) is 18.0 Å². The number of hydrogen-bond donors (Lipinski definition) is 1. The van der Waals surface area contributed by atoms with Gasteiger partial charge in [0.2, 0.25) is 5.91 Å². The summed E-state index contributed by atoms with van der Waals surface area (Å²) >= 11 is 3.41. The van der Waals surface area contributed by atoms with E-state index < -0.39 is 11.7 Å². The molecule has 7 nitrogen and oxygen atoms in total. The zero-order valence-electron chi connectivity index (χ0n) is 19.0. The lowest BCUT2D eigenvalue weighted by atomic mass is 9.97. The summed E-state index contributed by atoms with van der Waals surface area (Å²) in [7, 11) is 0. The van der Waals surface area contributed by atoms with Crippen LogP contribution in [-0.4, -0.2) is 38.7 Å². The van der Waals surface area contributed by atoms with Gasteiger partial charge in [-0.25, -0.2) is 14.6 Å². The zero-order chi connectivity index (χ0) is 25.3. The summed E-state index contributed by atoms with van der Waals surface area (Å²) < 4.78 is 41.2. The number of carbonyl (C=O) groups excluding carboxylic acids is 1. The van der Waals surface area contributed by atoms with Crippen LogP contribution in [0.25, 0.3) is 16.7 Å². The predicted molar refractivity (Wildman–Crippen MR) is 133 cm³/mol. The first-order chi connectivity index (χ1) is 17.3. The van der Waals surface area contributed by atoms with Crippen molar-refractivity contribution in [3.63, 3.8) is 0 Å². The molecule has 0 unspecified atom stereocenters. The average molecular weight is 559 g/mol. The number of piperidine rings is 1. The van der Waals surface area contributed by atoms with Crippen molar-refractivity contribution in [3.8, 4) is 5.69 Å². The third-order valence-electron chi connectivity index (χ3n) is 6.23. The number of fused-ring (bicyclic) bond motifs is 1. The number of amides is 1. The molecule has 1 atom stereocenters. The van der Waals surface area contributed by atoms with E-state index in [1.165, 1.54) is 23.1 Å². The van der Waals surface area contributed by atoms with Gasteiger partial charge in [-0.1, -0.05) is 28.1 Å². The van der Waals surface area contributed by atoms with Gasteiger partial charge in [-0.3, -0.25) is 4.79 Å². The fraction of sp³-hybridized carbons (Fsp3) is 0.280. The number of halogens is 4. The van der Waals surface area contributed by atoms with Gasteiger partial charge >= 0.3 is 6.18 Å². The highest BCUT2D eigenvalue weighted by molar-refractivity contribution is 9.10. The summed E-state index contributed by atoms with van der Waals surface area (Å²) in [5.74, 6) is 0.459. The van der Waals surface area contributed by atoms with E-state index in [0.717, 1.165) is 41.6 Å². The molecule has 1 fully saturated rings. The minimum Gasteiger partial charge on any atom is -0.355 e. The molecule has 1 N–H and O–H groups in total. The molecule has 2 aromatic heterocycles. The van der Waals surface area contributed by atoms with Crippen molar-refractivity contribution < 1.29 is 18.0 Å². The van der Waals surface area contributed by atoms with Gasteiger partial charge in [0, 0.05) is 30.3 Å². The van der Waals surface area contributed by atoms with Crippen LogP contribution in [0.5, 0.6) is 0 Å². The van der Waals surface area contributed by atoms with Gasteiger partial charge in [-0.2, -0.15) is 13.2 Å². The molecule has 1 aliphatic rings. The molecular weight excluding hydrogens is 537 g/mol. The second kappa shape index (κ2) is 9.88. The number of anilines is 1. The van der Waals surface area contributed by atoms with Crippen LogP contribution in [-0.2, 0) is 17.5 Å². The third kappa shape index (κ3) is 5.20. The van der Waals surface area contributed by atoms with E-state index in [0.29, 0.717) is 35.6 Å². The number of aromatic nitrogens is 4. The van der Waals surface area contributed by atoms with E-state index in [1.807, 2.05) is 24.3 Å². The molecule has 186 valence electrons. The standard InChI is InChI=1S/C25H22BrF3N6O/c26-19-7-3-16(4-8-19)12-30-24(36)17-2-1-11-34(13-17)23-21-14-35(33-22(21)31-15-32-23)20-9-5-18(6-10-20)25(27,28)29/h3-10,14-15,17H,1-2,11-13H2,(H,30,36)/t17-/m0/s1. The Kier molecular flexibility index (Phi) is 6.65. The Morgan fingerprint density at radius 1 is 1.08 bits per heavy atom. The highest BCUT2D eigenvalue weighted by Crippen LogP contribution is 2.31. The largest absolute Gasteiger partial charge is 0.416 e. The van der Waals surface area contributed by atoms with Crippen LogP contribution < -0.4 is 10.2 Å². The summed E-state index contributed by atoms with van der Waals surface area (Å²) in [6.07, 6.45) is 0.335. The van der Waals surface area contributed by atoms with Gasteiger partial charge in [0.15, 0.2) is 5.65 Å². The van der Waals surface area contributed by atoms with Crippen molar-refractivity contribution in [2.24, 2.45) is 5.92 Å². The van der Waals surface area contributed by atoms with Gasteiger partial charge in [-0.15, -0.1) is 5.10 Å². The van der Waals surface area contributed by atoms with Crippen molar-refractivity contribution >= 4 is 38.7 Å². The molecule has 36 heavy (non-hydrogen) atoms. The van der Waals surface area contributed by atoms with E-state index in [1.54, 1.807) is 6.20 Å². The Morgan fingerprint density at radius 3 is 2.56 bits per heavy atom. The fourth-order valence-electron chi connectivity index (χ4n) is 4.33. The third-order valence-corrected chi connectivity index (χ3v) is 6.76. The number of carbonyl (C=O) groups is 1. The minimum absolute atomic E-state index is 0.00614. The van der Waals surface area contributed by atoms with Gasteiger partial charge in [0.1, 0.15) is 12.1 Å². The lowest BCUT2D eigenvalue weighted by molar-refractivity contribution is -0.137. The molecule has 0 radical (unpaired) electrons. The van der Waals surface area contributed by atoms with Crippen LogP contribution in [0.3, 0.4) is 0 Å². The van der Waals surface area contributed by atoms with Crippen molar-refractivity contribution in [1.29, 1.82) is 0 Å². The SMILES string of the molecule is O=C(NCc1ccc(Br)cc1)[C@H]1CCCN(c2ncnc3nn(-c4ccc(C(F)(F)F)cc4)cc23)C1. The molecule has 0 spiro atoms. The predicted octanol–water partition coefficient (Wildman–Crippen LogP) is 5.13. The van der Waals surface area contributed by atoms with E-state index in [2.05, 4.69) is 41.2 Å². The molecule has 4 aromatic rings. The molecule has 2 aromatic carbocycles. The van der Waals surface area contributed by atoms with Crippen LogP contribution in [0.2, 0.25) is 0 Å². The Hall–Kier alpha value is -3.47. The molecule has 3 heterocycles. The summed E-state index contributed by atoms with van der Waals surface area (Å²) in [4.78, 5) is 23.6. The van der Waals surface area contributed by atoms with Crippen LogP contribution >= 0.6 is 15.9 Å². The number of nitrogens with one attached hydrogen (secondary N) is 1. The smallest absolute Gasteiger partial charge is 0.355 e. The second-order valence-electron chi connectivity index (χ2n) is 8.68. The van der Waals surface area contributed by atoms with Gasteiger partial charge in [0.05, 0.1) is 22.6 Å². The van der Waals surface area contributed by atoms with Crippen molar-refractivity contribution in [2.45, 2.75) is 25.6 Å². The maximum atomic E-state index is 12.9. The molecule has 1 amide bonds. The monoisotopic (exact) mass is 558 g/mol. The first kappa shape index (κ1) is 24.2. The van der Waals surface area contributed by atoms with E-state index >= 15 is 0 Å². The van der Waals surface area contributed by atoms with Crippen LogP contribution in [0, 0.1) is 5.92 Å². The molecule has 0 bridgehead atoms. The Balaban J connectivity index is 1.32. The van der Waals surface area contributed by atoms with Crippen LogP contribution in [0.4, 0.5) is 19.0 Å². The molecule has 0 aliphatic carbocycles. The van der Waals surface area contributed by atoms with E-state index in [4.69, 9.17) is 0 Å². The number of nitrogens with zero attached hydrogens (tertiary/aromatic N) is 5. The summed E-state index contributed by atoms with van der Waals surface area (Å²) in [5, 5.41) is 8.13. The van der Waals surface area contributed by atoms with E-state index in [-0.39, 0.29) is 11.8 Å². The fourth-order valence-corrected chi connectivity index (χ4v) is 4.60. The Labute approximate surface area is 213 Å². The number of alkyl halides is 3. The Bertz CT molecular complexity index is 1370. The lowest BCUT2D eigenvalue weighted by Gasteiger charge is -2.33. The van der Waals surface area contributed by atoms with Gasteiger partial charge in [-0.05, 0) is 54.8 Å². The quantitative estimate of drug-likeness (QED) is 0.367. The Morgan fingerprint density at radius 2 is 1.83 bits per heavy atom. The highest BCUT2D eigenvalue weighted by Gasteiger charge is 2.30. The molecule has 1 saturated heterocycles. The maximum Gasteiger partial charge on any atom is 0.416 e. The highest BCUT2D eigenvalue weighted by atomic mass is 79.9. The first-order valence-corrected chi connectivity index (χ1v) is 12.2. The first-order valence-electron chi connectivity index (χ1n) is 11.4. The topological polar surface area (TPSA) is 75.9 Å². The van der Waals surface area contributed by atoms with Gasteiger partial charge < -0.3 is 10.2 Å². The van der Waals surface area contributed by atoms with Crippen molar-refractivity contribution in [3.05, 3.63) is 76.7 Å². The van der Waals surface area contributed by atoms with Gasteiger partial charge in [0.25, 0.3) is 0 Å². The van der Waals surface area contributed by atoms with E-state index in [9.17, 15) is 18.0 Å². The average Bonchev–Trinajstić information content (AvgIpc) is 3.32. The summed E-state index contributed by atoms with van der Waals surface area (Å²) in [6, 6.07) is 12.6. The maximum absolute atomic E-state index is 12.9. The second-order valence-corrected chi connectivity index (χ2v) is 9.60. The molecule has 0 saturated carbocycles. The zero-order valence-corrected chi connectivity index (χ0v) is 20.6.